The molecule has 1 aliphatic heterocycles. The molecule has 3 aromatic rings. The van der Waals surface area contributed by atoms with Crippen molar-refractivity contribution in [1.82, 2.24) is 0 Å². The molecule has 0 unspecified atom stereocenters. The number of aryl methyl sites for hydroxylation is 1. The van der Waals surface area contributed by atoms with Crippen LogP contribution in [0.1, 0.15) is 40.4 Å². The lowest BCUT2D eigenvalue weighted by atomic mass is 10.1. The smallest absolute Gasteiger partial charge is 0.231 e. The van der Waals surface area contributed by atoms with Crippen LogP contribution in [0, 0.1) is 6.92 Å². The van der Waals surface area contributed by atoms with Crippen LogP contribution in [0.25, 0.3) is 6.08 Å². The van der Waals surface area contributed by atoms with Gasteiger partial charge in [0.15, 0.2) is 24.7 Å². The zero-order valence-corrected chi connectivity index (χ0v) is 17.9. The van der Waals surface area contributed by atoms with E-state index >= 15 is 0 Å². The number of aromatic nitrogens is 1. The number of carbonyl (C=O) groups is 1. The molecule has 0 aliphatic carbocycles. The van der Waals surface area contributed by atoms with Gasteiger partial charge in [0, 0.05) is 23.8 Å². The van der Waals surface area contributed by atoms with Gasteiger partial charge in [-0.1, -0.05) is 31.2 Å². The van der Waals surface area contributed by atoms with Gasteiger partial charge in [0.05, 0.1) is 12.2 Å². The number of benzene rings is 2. The Kier molecular flexibility index (Phi) is 6.91. The molecule has 4 rings (SSSR count). The number of hydrogen-bond donors (Lipinski definition) is 0. The van der Waals surface area contributed by atoms with Crippen LogP contribution in [0.2, 0.25) is 0 Å². The highest BCUT2D eigenvalue weighted by atomic mass is 35.5. The van der Waals surface area contributed by atoms with Crippen molar-refractivity contribution in [2.45, 2.75) is 26.8 Å². The van der Waals surface area contributed by atoms with E-state index in [9.17, 15) is 4.79 Å². The van der Waals surface area contributed by atoms with Gasteiger partial charge in [-0.15, -0.1) is 0 Å². The van der Waals surface area contributed by atoms with Gasteiger partial charge in [-0.25, -0.2) is 4.57 Å². The molecule has 154 valence electrons. The molecular weight excluding hydrogens is 398 g/mol. The normalized spacial score (nSPS) is 13.5. The first-order valence-electron chi connectivity index (χ1n) is 9.89. The summed E-state index contributed by atoms with van der Waals surface area (Å²) >= 11 is 0. The minimum atomic E-state index is -0.0984. The summed E-state index contributed by atoms with van der Waals surface area (Å²) < 4.78 is 13.6. The number of ketones is 1. The highest BCUT2D eigenvalue weighted by Crippen LogP contribution is 2.34. The minimum absolute atomic E-state index is 0. The predicted octanol–water partition coefficient (Wildman–Crippen LogP) is 1.74. The van der Waals surface area contributed by atoms with E-state index in [1.54, 1.807) is 18.2 Å². The molecule has 0 spiro atoms. The molecule has 4 nitrogen and oxygen atoms in total. The molecule has 2 heterocycles. The van der Waals surface area contributed by atoms with Gasteiger partial charge in [0.25, 0.3) is 0 Å². The highest BCUT2D eigenvalue weighted by molar-refractivity contribution is 6.14. The zero-order chi connectivity index (χ0) is 20.2. The number of rotatable bonds is 6. The average molecular weight is 422 g/mol. The number of nitrogens with zero attached hydrogens (tertiary/aromatic N) is 1. The summed E-state index contributed by atoms with van der Waals surface area (Å²) in [6.45, 7) is 5.62. The topological polar surface area (TPSA) is 39.4 Å². The van der Waals surface area contributed by atoms with Crippen LogP contribution < -0.4 is 26.4 Å². The molecule has 0 bridgehead atoms. The maximum Gasteiger partial charge on any atom is 0.231 e. The first kappa shape index (κ1) is 21.6. The lowest BCUT2D eigenvalue weighted by Gasteiger charge is -2.05. The third kappa shape index (κ3) is 4.71. The van der Waals surface area contributed by atoms with Gasteiger partial charge in [-0.05, 0) is 42.7 Å². The average Bonchev–Trinajstić information content (AvgIpc) is 3.04. The molecule has 0 saturated heterocycles. The number of pyridine rings is 1. The SMILES string of the molecule is CCCOc1ccc2c(c1)O/C(=C\c1cc[n+](Cc3ccccc3C)cc1)C2=O.[Cl-]. The van der Waals surface area contributed by atoms with E-state index in [0.29, 0.717) is 23.7 Å². The molecular formula is C25H24ClNO3. The Bertz CT molecular complexity index is 1070. The van der Waals surface area contributed by atoms with Crippen LogP contribution in [-0.2, 0) is 6.54 Å². The molecule has 30 heavy (non-hydrogen) atoms. The Balaban J connectivity index is 0.00000256. The van der Waals surface area contributed by atoms with Crippen LogP contribution in [-0.4, -0.2) is 12.4 Å². The molecule has 1 aromatic heterocycles. The number of Topliss-reactive ketones (excluding diaryl/α,β-unsaturated/α-hetero) is 1. The first-order valence-corrected chi connectivity index (χ1v) is 9.89. The standard InChI is InChI=1S/C25H24NO3.ClH/c1-3-14-28-21-8-9-22-23(16-21)29-24(25(22)27)15-19-10-12-26(13-11-19)17-20-7-5-4-6-18(20)2;/h4-13,15-16H,3,14,17H2,1-2H3;1H/q+1;/p-1/b24-15-;. The fraction of sp³-hybridized carbons (Fsp3) is 0.200. The number of hydrogen-bond acceptors (Lipinski definition) is 3. The minimum Gasteiger partial charge on any atom is -1.00 e. The maximum absolute atomic E-state index is 12.6. The largest absolute Gasteiger partial charge is 1.00 e. The number of ether oxygens (including phenoxy) is 2. The quantitative estimate of drug-likeness (QED) is 0.449. The molecule has 1 aliphatic rings. The van der Waals surface area contributed by atoms with Crippen LogP contribution in [0.15, 0.2) is 72.8 Å². The van der Waals surface area contributed by atoms with Crippen LogP contribution in [0.3, 0.4) is 0 Å². The molecule has 0 radical (unpaired) electrons. The maximum atomic E-state index is 12.6. The van der Waals surface area contributed by atoms with E-state index in [-0.39, 0.29) is 18.2 Å². The summed E-state index contributed by atoms with van der Waals surface area (Å²) in [5.41, 5.74) is 4.06. The predicted molar refractivity (Wildman–Crippen MR) is 112 cm³/mol. The number of fused-ring (bicyclic) bond motifs is 1. The fourth-order valence-electron chi connectivity index (χ4n) is 3.28. The Morgan fingerprint density at radius 3 is 2.57 bits per heavy atom. The van der Waals surface area contributed by atoms with Crippen molar-refractivity contribution in [3.05, 3.63) is 95.0 Å². The number of carbonyl (C=O) groups excluding carboxylic acids is 1. The van der Waals surface area contributed by atoms with E-state index < -0.39 is 0 Å². The third-order valence-electron chi connectivity index (χ3n) is 4.94. The second kappa shape index (κ2) is 9.59. The van der Waals surface area contributed by atoms with E-state index in [1.165, 1.54) is 11.1 Å². The van der Waals surface area contributed by atoms with Crippen LogP contribution >= 0.6 is 0 Å². The second-order valence-corrected chi connectivity index (χ2v) is 7.18. The van der Waals surface area contributed by atoms with Crippen molar-refractivity contribution in [1.29, 1.82) is 0 Å². The molecule has 0 N–H and O–H groups in total. The summed E-state index contributed by atoms with van der Waals surface area (Å²) in [5, 5.41) is 0. The van der Waals surface area contributed by atoms with E-state index in [4.69, 9.17) is 9.47 Å². The van der Waals surface area contributed by atoms with E-state index in [1.807, 2.05) is 36.7 Å². The summed E-state index contributed by atoms with van der Waals surface area (Å²) in [7, 11) is 0. The Morgan fingerprint density at radius 1 is 1.07 bits per heavy atom. The summed E-state index contributed by atoms with van der Waals surface area (Å²) in [6, 6.07) is 17.7. The van der Waals surface area contributed by atoms with Crippen molar-refractivity contribution in [2.24, 2.45) is 0 Å². The van der Waals surface area contributed by atoms with Crippen molar-refractivity contribution in [3.63, 3.8) is 0 Å². The molecule has 0 atom stereocenters. The van der Waals surface area contributed by atoms with Crippen LogP contribution in [0.4, 0.5) is 0 Å². The number of halogens is 1. The summed E-state index contributed by atoms with van der Waals surface area (Å²) in [6.07, 6.45) is 6.75. The number of allylic oxidation sites excluding steroid dienone is 1. The molecule has 5 heteroatoms. The van der Waals surface area contributed by atoms with Gasteiger partial charge in [-0.3, -0.25) is 4.79 Å². The van der Waals surface area contributed by atoms with Gasteiger partial charge >= 0.3 is 0 Å². The molecule has 2 aromatic carbocycles. The van der Waals surface area contributed by atoms with Gasteiger partial charge < -0.3 is 21.9 Å². The van der Waals surface area contributed by atoms with E-state index in [2.05, 4.69) is 36.6 Å². The lowest BCUT2D eigenvalue weighted by Crippen LogP contribution is -3.00. The molecule has 0 amide bonds. The molecule has 0 saturated carbocycles. The van der Waals surface area contributed by atoms with Gasteiger partial charge in [0.1, 0.15) is 11.5 Å². The first-order chi connectivity index (χ1) is 14.1. The zero-order valence-electron chi connectivity index (χ0n) is 17.1. The fourth-order valence-corrected chi connectivity index (χ4v) is 3.28. The third-order valence-corrected chi connectivity index (χ3v) is 4.94. The Morgan fingerprint density at radius 2 is 1.83 bits per heavy atom. The monoisotopic (exact) mass is 421 g/mol. The summed E-state index contributed by atoms with van der Waals surface area (Å²) in [5.74, 6) is 1.51. The van der Waals surface area contributed by atoms with Crippen molar-refractivity contribution >= 4 is 11.9 Å². The Labute approximate surface area is 183 Å². The highest BCUT2D eigenvalue weighted by Gasteiger charge is 2.27. The summed E-state index contributed by atoms with van der Waals surface area (Å²) in [4.78, 5) is 12.6. The van der Waals surface area contributed by atoms with Crippen molar-refractivity contribution in [3.8, 4) is 11.5 Å². The van der Waals surface area contributed by atoms with Crippen molar-refractivity contribution in [2.75, 3.05) is 6.61 Å². The van der Waals surface area contributed by atoms with E-state index in [0.717, 1.165) is 24.3 Å². The van der Waals surface area contributed by atoms with Crippen molar-refractivity contribution < 1.29 is 31.2 Å². The van der Waals surface area contributed by atoms with Crippen LogP contribution in [0.5, 0.6) is 11.5 Å². The molecule has 0 fully saturated rings. The Hall–Kier alpha value is -3.11. The second-order valence-electron chi connectivity index (χ2n) is 7.18. The lowest BCUT2D eigenvalue weighted by molar-refractivity contribution is -0.688. The van der Waals surface area contributed by atoms with Gasteiger partial charge in [-0.2, -0.15) is 0 Å². The van der Waals surface area contributed by atoms with Gasteiger partial charge in [0.2, 0.25) is 5.78 Å².